The van der Waals surface area contributed by atoms with Gasteiger partial charge in [0, 0.05) is 6.54 Å². The van der Waals surface area contributed by atoms with Gasteiger partial charge in [-0.3, -0.25) is 0 Å². The first kappa shape index (κ1) is 14.5. The molecule has 0 aliphatic carbocycles. The van der Waals surface area contributed by atoms with Crippen molar-refractivity contribution in [1.29, 1.82) is 0 Å². The Hall–Kier alpha value is 1.03. The van der Waals surface area contributed by atoms with Crippen LogP contribution in [0.1, 0.15) is 6.42 Å². The van der Waals surface area contributed by atoms with Crippen LogP contribution in [0.3, 0.4) is 0 Å². The Kier molecular flexibility index (Phi) is 12.1. The van der Waals surface area contributed by atoms with Gasteiger partial charge in [-0.25, -0.2) is 0 Å². The SMILES string of the molecule is NC(=S)[S-].O[C@@H]1CCNC1.[Na+]. The number of hydrogen-bond acceptors (Lipinski definition) is 4. The standard InChI is InChI=1S/C4H9NO.CH3NS2.Na/c6-4-1-2-5-3-4;2-1(3)4;/h4-6H,1-3H2;(H3,2,3,4);/q;;+1/p-1/t4-;;/m1../s1. The Morgan fingerprint density at radius 1 is 1.73 bits per heavy atom. The molecule has 0 saturated carbocycles. The van der Waals surface area contributed by atoms with Gasteiger partial charge in [0.1, 0.15) is 0 Å². The van der Waals surface area contributed by atoms with Crippen LogP contribution in [0.25, 0.3) is 0 Å². The van der Waals surface area contributed by atoms with E-state index in [1.165, 1.54) is 0 Å². The van der Waals surface area contributed by atoms with Gasteiger partial charge in [0.05, 0.1) is 6.10 Å². The van der Waals surface area contributed by atoms with Crippen LogP contribution in [0.5, 0.6) is 0 Å². The van der Waals surface area contributed by atoms with Gasteiger partial charge in [-0.2, -0.15) is 0 Å². The molecular formula is C5H11N2NaOS2. The summed E-state index contributed by atoms with van der Waals surface area (Å²) in [7, 11) is 0. The van der Waals surface area contributed by atoms with E-state index in [2.05, 4.69) is 35.9 Å². The van der Waals surface area contributed by atoms with E-state index in [4.69, 9.17) is 5.11 Å². The molecule has 0 unspecified atom stereocenters. The predicted molar refractivity (Wildman–Crippen MR) is 47.6 cm³/mol. The van der Waals surface area contributed by atoms with Crippen LogP contribution < -0.4 is 40.6 Å². The van der Waals surface area contributed by atoms with Crippen molar-refractivity contribution in [2.75, 3.05) is 13.1 Å². The zero-order chi connectivity index (χ0) is 7.98. The molecule has 0 aromatic heterocycles. The Bertz CT molecular complexity index is 105. The van der Waals surface area contributed by atoms with Crippen LogP contribution >= 0.6 is 12.2 Å². The average molecular weight is 202 g/mol. The molecule has 1 aliphatic heterocycles. The minimum absolute atomic E-state index is 0. The molecule has 60 valence electrons. The third-order valence-electron chi connectivity index (χ3n) is 1.03. The smallest absolute Gasteiger partial charge is 0.415 e. The van der Waals surface area contributed by atoms with E-state index in [0.29, 0.717) is 0 Å². The largest absolute Gasteiger partial charge is 1.00 e. The molecule has 1 aliphatic rings. The van der Waals surface area contributed by atoms with Crippen molar-refractivity contribution in [3.8, 4) is 0 Å². The molecule has 0 aromatic rings. The van der Waals surface area contributed by atoms with Gasteiger partial charge in [-0.05, 0) is 13.0 Å². The zero-order valence-corrected chi connectivity index (χ0v) is 10.2. The van der Waals surface area contributed by atoms with Crippen LogP contribution in [0.2, 0.25) is 0 Å². The van der Waals surface area contributed by atoms with E-state index in [1.807, 2.05) is 0 Å². The van der Waals surface area contributed by atoms with Crippen LogP contribution in [0.4, 0.5) is 0 Å². The minimum Gasteiger partial charge on any atom is -0.415 e. The summed E-state index contributed by atoms with van der Waals surface area (Å²) in [6.07, 6.45) is 0.866. The second kappa shape index (κ2) is 9.12. The van der Waals surface area contributed by atoms with Gasteiger partial charge in [0.15, 0.2) is 0 Å². The molecule has 3 nitrogen and oxygen atoms in total. The van der Waals surface area contributed by atoms with Crippen molar-refractivity contribution in [3.05, 3.63) is 0 Å². The van der Waals surface area contributed by atoms with E-state index in [1.54, 1.807) is 0 Å². The number of rotatable bonds is 0. The van der Waals surface area contributed by atoms with Gasteiger partial charge < -0.3 is 41.0 Å². The molecule has 1 saturated heterocycles. The summed E-state index contributed by atoms with van der Waals surface area (Å²) >= 11 is 8.26. The third-order valence-corrected chi connectivity index (χ3v) is 1.03. The summed E-state index contributed by atoms with van der Waals surface area (Å²) in [5.41, 5.74) is 4.66. The van der Waals surface area contributed by atoms with Crippen molar-refractivity contribution in [3.63, 3.8) is 0 Å². The maximum absolute atomic E-state index is 8.67. The molecule has 1 fully saturated rings. The van der Waals surface area contributed by atoms with Crippen molar-refractivity contribution in [2.45, 2.75) is 12.5 Å². The van der Waals surface area contributed by atoms with Gasteiger partial charge in [-0.1, -0.05) is 4.32 Å². The predicted octanol–water partition coefficient (Wildman–Crippen LogP) is -3.88. The van der Waals surface area contributed by atoms with E-state index in [0.717, 1.165) is 19.5 Å². The summed E-state index contributed by atoms with van der Waals surface area (Å²) < 4.78 is 0.0833. The summed E-state index contributed by atoms with van der Waals surface area (Å²) in [5.74, 6) is 0. The molecule has 0 radical (unpaired) electrons. The molecule has 0 aromatic carbocycles. The second-order valence-electron chi connectivity index (χ2n) is 1.97. The minimum atomic E-state index is -0.0648. The molecular weight excluding hydrogens is 191 g/mol. The summed E-state index contributed by atoms with van der Waals surface area (Å²) in [4.78, 5) is 0. The summed E-state index contributed by atoms with van der Waals surface area (Å²) in [6, 6.07) is 0. The molecule has 0 bridgehead atoms. The molecule has 0 spiro atoms. The first-order valence-electron chi connectivity index (χ1n) is 2.98. The summed E-state index contributed by atoms with van der Waals surface area (Å²) in [5, 5.41) is 11.7. The van der Waals surface area contributed by atoms with Crippen molar-refractivity contribution < 1.29 is 34.7 Å². The molecule has 1 atom stereocenters. The van der Waals surface area contributed by atoms with E-state index in [-0.39, 0.29) is 40.0 Å². The first-order valence-corrected chi connectivity index (χ1v) is 3.80. The Labute approximate surface area is 99.8 Å². The van der Waals surface area contributed by atoms with Crippen LogP contribution in [0.15, 0.2) is 0 Å². The van der Waals surface area contributed by atoms with Crippen molar-refractivity contribution in [1.82, 2.24) is 5.32 Å². The number of aliphatic hydroxyl groups is 1. The average Bonchev–Trinajstić information content (AvgIpc) is 2.15. The zero-order valence-electron chi connectivity index (χ0n) is 6.54. The number of nitrogens with one attached hydrogen (secondary N) is 1. The van der Waals surface area contributed by atoms with Gasteiger partial charge >= 0.3 is 29.6 Å². The van der Waals surface area contributed by atoms with Crippen molar-refractivity contribution >= 4 is 29.2 Å². The fourth-order valence-electron chi connectivity index (χ4n) is 0.639. The molecule has 11 heavy (non-hydrogen) atoms. The first-order chi connectivity index (χ1) is 4.63. The van der Waals surface area contributed by atoms with Gasteiger partial charge in [0.2, 0.25) is 0 Å². The topological polar surface area (TPSA) is 58.3 Å². The number of β-amino-alcohol motifs (C(OH)–C–C–N with tert-alkyl or cyclic N) is 1. The number of hydrogen-bond donors (Lipinski definition) is 3. The van der Waals surface area contributed by atoms with E-state index in [9.17, 15) is 0 Å². The number of thiocarbonyl (C=S) groups is 1. The summed E-state index contributed by atoms with van der Waals surface area (Å²) in [6.45, 7) is 1.78. The van der Waals surface area contributed by atoms with Crippen LogP contribution in [0, 0.1) is 0 Å². The van der Waals surface area contributed by atoms with E-state index < -0.39 is 0 Å². The Morgan fingerprint density at radius 2 is 2.18 bits per heavy atom. The quantitative estimate of drug-likeness (QED) is 0.213. The van der Waals surface area contributed by atoms with Crippen LogP contribution in [-0.2, 0) is 12.6 Å². The molecule has 1 heterocycles. The molecule has 0 amide bonds. The molecule has 6 heteroatoms. The Balaban J connectivity index is 0. The fourth-order valence-corrected chi connectivity index (χ4v) is 0.639. The third kappa shape index (κ3) is 13.9. The van der Waals surface area contributed by atoms with Gasteiger partial charge in [0.25, 0.3) is 0 Å². The van der Waals surface area contributed by atoms with E-state index >= 15 is 0 Å². The monoisotopic (exact) mass is 202 g/mol. The fraction of sp³-hybridized carbons (Fsp3) is 0.800. The number of aliphatic hydroxyl groups excluding tert-OH is 1. The normalized spacial score (nSPS) is 21.0. The number of nitrogens with two attached hydrogens (primary N) is 1. The van der Waals surface area contributed by atoms with Crippen molar-refractivity contribution in [2.24, 2.45) is 5.73 Å². The van der Waals surface area contributed by atoms with Gasteiger partial charge in [-0.15, -0.1) is 0 Å². The van der Waals surface area contributed by atoms with Crippen LogP contribution in [-0.4, -0.2) is 28.6 Å². The molecule has 1 rings (SSSR count). The second-order valence-corrected chi connectivity index (χ2v) is 3.10. The maximum atomic E-state index is 8.67. The Morgan fingerprint density at radius 3 is 2.27 bits per heavy atom. The molecule has 4 N–H and O–H groups in total. The maximum Gasteiger partial charge on any atom is 1.00 e.